The predicted octanol–water partition coefficient (Wildman–Crippen LogP) is 2.75. The molecule has 1 aromatic carbocycles. The molecule has 1 amide bonds. The van der Waals surface area contributed by atoms with Crippen molar-refractivity contribution in [1.29, 1.82) is 0 Å². The summed E-state index contributed by atoms with van der Waals surface area (Å²) in [7, 11) is 0. The standard InChI is InChI=1S/C14H18N2O5/c1-14(2,3)21-13(18)15-11(8-9-17)10-6-4-5-7-12(10)16(19)20/h4-7,9,11H,8H2,1-3H3,(H,15,18)/t11-/m0/s1. The molecule has 1 rings (SSSR count). The van der Waals surface area contributed by atoms with Gasteiger partial charge in [0, 0.05) is 12.5 Å². The summed E-state index contributed by atoms with van der Waals surface area (Å²) in [5.41, 5.74) is -0.584. The second-order valence-electron chi connectivity index (χ2n) is 5.42. The highest BCUT2D eigenvalue weighted by Gasteiger charge is 2.25. The van der Waals surface area contributed by atoms with Crippen LogP contribution in [0, 0.1) is 10.1 Å². The number of hydrogen-bond acceptors (Lipinski definition) is 5. The predicted molar refractivity (Wildman–Crippen MR) is 75.9 cm³/mol. The average molecular weight is 294 g/mol. The molecular weight excluding hydrogens is 276 g/mol. The number of benzene rings is 1. The molecular formula is C14H18N2O5. The fourth-order valence-electron chi connectivity index (χ4n) is 1.76. The number of ether oxygens (including phenoxy) is 1. The van der Waals surface area contributed by atoms with E-state index in [4.69, 9.17) is 4.74 Å². The Morgan fingerprint density at radius 2 is 2.05 bits per heavy atom. The van der Waals surface area contributed by atoms with E-state index in [0.717, 1.165) is 0 Å². The molecule has 114 valence electrons. The number of hydrogen-bond donors (Lipinski definition) is 1. The van der Waals surface area contributed by atoms with E-state index < -0.39 is 22.7 Å². The lowest BCUT2D eigenvalue weighted by Crippen LogP contribution is -2.35. The second kappa shape index (κ2) is 6.83. The number of amides is 1. The molecule has 0 aliphatic rings. The highest BCUT2D eigenvalue weighted by Crippen LogP contribution is 2.26. The molecule has 0 heterocycles. The maximum Gasteiger partial charge on any atom is 0.408 e. The molecule has 0 spiro atoms. The third-order valence-electron chi connectivity index (χ3n) is 2.53. The smallest absolute Gasteiger partial charge is 0.408 e. The van der Waals surface area contributed by atoms with Crippen molar-refractivity contribution in [3.8, 4) is 0 Å². The highest BCUT2D eigenvalue weighted by atomic mass is 16.6. The zero-order valence-corrected chi connectivity index (χ0v) is 12.2. The Labute approximate surface area is 122 Å². The number of nitrogens with zero attached hydrogens (tertiary/aromatic N) is 1. The Hall–Kier alpha value is -2.44. The molecule has 0 bridgehead atoms. The molecule has 0 unspecified atom stereocenters. The number of carbonyl (C=O) groups is 2. The highest BCUT2D eigenvalue weighted by molar-refractivity contribution is 5.69. The number of nitro groups is 1. The van der Waals surface area contributed by atoms with Crippen molar-refractivity contribution in [2.45, 2.75) is 38.8 Å². The number of nitrogens with one attached hydrogen (secondary N) is 1. The molecule has 21 heavy (non-hydrogen) atoms. The number of carbonyl (C=O) groups excluding carboxylic acids is 2. The van der Waals surface area contributed by atoms with Gasteiger partial charge in [0.15, 0.2) is 0 Å². The molecule has 0 aliphatic carbocycles. The number of rotatable bonds is 5. The number of aldehydes is 1. The van der Waals surface area contributed by atoms with E-state index >= 15 is 0 Å². The Morgan fingerprint density at radius 1 is 1.43 bits per heavy atom. The van der Waals surface area contributed by atoms with Gasteiger partial charge < -0.3 is 14.8 Å². The van der Waals surface area contributed by atoms with Crippen LogP contribution in [0.5, 0.6) is 0 Å². The lowest BCUT2D eigenvalue weighted by molar-refractivity contribution is -0.385. The molecule has 1 aromatic rings. The minimum atomic E-state index is -0.807. The molecule has 7 heteroatoms. The second-order valence-corrected chi connectivity index (χ2v) is 5.42. The van der Waals surface area contributed by atoms with Crippen LogP contribution in [-0.4, -0.2) is 22.9 Å². The van der Waals surface area contributed by atoms with Crippen molar-refractivity contribution < 1.29 is 19.2 Å². The zero-order chi connectivity index (χ0) is 16.0. The van der Waals surface area contributed by atoms with Crippen LogP contribution in [0.1, 0.15) is 38.8 Å². The lowest BCUT2D eigenvalue weighted by atomic mass is 10.0. The summed E-state index contributed by atoms with van der Waals surface area (Å²) >= 11 is 0. The van der Waals surface area contributed by atoms with Crippen molar-refractivity contribution >= 4 is 18.1 Å². The topological polar surface area (TPSA) is 98.5 Å². The quantitative estimate of drug-likeness (QED) is 0.511. The first kappa shape index (κ1) is 16.6. The summed E-state index contributed by atoms with van der Waals surface area (Å²) in [5.74, 6) is 0. The molecule has 0 fully saturated rings. The van der Waals surface area contributed by atoms with Crippen LogP contribution in [0.15, 0.2) is 24.3 Å². The van der Waals surface area contributed by atoms with Gasteiger partial charge in [0.05, 0.1) is 16.5 Å². The lowest BCUT2D eigenvalue weighted by Gasteiger charge is -2.23. The third kappa shape index (κ3) is 5.21. The van der Waals surface area contributed by atoms with E-state index in [1.54, 1.807) is 26.8 Å². The molecule has 0 saturated heterocycles. The van der Waals surface area contributed by atoms with Crippen molar-refractivity contribution in [2.75, 3.05) is 0 Å². The Balaban J connectivity index is 3.00. The third-order valence-corrected chi connectivity index (χ3v) is 2.53. The molecule has 7 nitrogen and oxygen atoms in total. The van der Waals surface area contributed by atoms with E-state index in [1.807, 2.05) is 0 Å². The van der Waals surface area contributed by atoms with Crippen molar-refractivity contribution in [3.63, 3.8) is 0 Å². The minimum Gasteiger partial charge on any atom is -0.444 e. The van der Waals surface area contributed by atoms with Gasteiger partial charge in [-0.1, -0.05) is 18.2 Å². The normalized spacial score (nSPS) is 12.3. The van der Waals surface area contributed by atoms with Crippen molar-refractivity contribution in [3.05, 3.63) is 39.9 Å². The Kier molecular flexibility index (Phi) is 5.40. The van der Waals surface area contributed by atoms with Crippen molar-refractivity contribution in [1.82, 2.24) is 5.32 Å². The van der Waals surface area contributed by atoms with E-state index in [2.05, 4.69) is 5.32 Å². The summed E-state index contributed by atoms with van der Waals surface area (Å²) in [5, 5.41) is 13.5. The maximum atomic E-state index is 11.8. The van der Waals surface area contributed by atoms with Crippen LogP contribution < -0.4 is 5.32 Å². The summed E-state index contributed by atoms with van der Waals surface area (Å²) in [4.78, 5) is 33.0. The fraction of sp³-hybridized carbons (Fsp3) is 0.429. The van der Waals surface area contributed by atoms with Crippen LogP contribution in [0.3, 0.4) is 0 Å². The first-order valence-electron chi connectivity index (χ1n) is 6.41. The SMILES string of the molecule is CC(C)(C)OC(=O)N[C@@H](CC=O)c1ccccc1[N+](=O)[O-]. The fourth-order valence-corrected chi connectivity index (χ4v) is 1.76. The van der Waals surface area contributed by atoms with Crippen molar-refractivity contribution in [2.24, 2.45) is 0 Å². The first-order chi connectivity index (χ1) is 9.74. The van der Waals surface area contributed by atoms with Gasteiger partial charge in [0.2, 0.25) is 0 Å². The molecule has 0 radical (unpaired) electrons. The molecule has 1 N–H and O–H groups in total. The molecule has 0 saturated carbocycles. The monoisotopic (exact) mass is 294 g/mol. The van der Waals surface area contributed by atoms with Crippen LogP contribution in [0.2, 0.25) is 0 Å². The average Bonchev–Trinajstić information content (AvgIpc) is 2.36. The van der Waals surface area contributed by atoms with Gasteiger partial charge in [0.25, 0.3) is 5.69 Å². The molecule has 0 aromatic heterocycles. The number of alkyl carbamates (subject to hydrolysis) is 1. The van der Waals surface area contributed by atoms with Gasteiger partial charge in [-0.3, -0.25) is 10.1 Å². The largest absolute Gasteiger partial charge is 0.444 e. The van der Waals surface area contributed by atoms with Crippen LogP contribution in [0.25, 0.3) is 0 Å². The Bertz CT molecular complexity index is 536. The Morgan fingerprint density at radius 3 is 2.57 bits per heavy atom. The van der Waals surface area contributed by atoms with Gasteiger partial charge in [-0.15, -0.1) is 0 Å². The molecule has 0 aliphatic heterocycles. The zero-order valence-electron chi connectivity index (χ0n) is 12.2. The first-order valence-corrected chi connectivity index (χ1v) is 6.41. The number of nitro benzene ring substituents is 1. The minimum absolute atomic E-state index is 0.0793. The maximum absolute atomic E-state index is 11.8. The van der Waals surface area contributed by atoms with Crippen LogP contribution in [0.4, 0.5) is 10.5 Å². The molecule has 1 atom stereocenters. The van der Waals surface area contributed by atoms with E-state index in [0.29, 0.717) is 6.29 Å². The van der Waals surface area contributed by atoms with Gasteiger partial charge in [-0.25, -0.2) is 4.79 Å². The van der Waals surface area contributed by atoms with E-state index in [9.17, 15) is 19.7 Å². The van der Waals surface area contributed by atoms with Crippen LogP contribution in [-0.2, 0) is 9.53 Å². The summed E-state index contributed by atoms with van der Waals surface area (Å²) in [6.07, 6.45) is -0.212. The summed E-state index contributed by atoms with van der Waals surface area (Å²) in [6, 6.07) is 5.15. The van der Waals surface area contributed by atoms with Gasteiger partial charge in [0.1, 0.15) is 11.9 Å². The van der Waals surface area contributed by atoms with Gasteiger partial charge >= 0.3 is 6.09 Å². The van der Waals surface area contributed by atoms with E-state index in [-0.39, 0.29) is 17.7 Å². The van der Waals surface area contributed by atoms with Crippen LogP contribution >= 0.6 is 0 Å². The number of para-hydroxylation sites is 1. The summed E-state index contributed by atoms with van der Waals surface area (Å²) in [6.45, 7) is 5.10. The van der Waals surface area contributed by atoms with E-state index in [1.165, 1.54) is 18.2 Å². The van der Waals surface area contributed by atoms with Gasteiger partial charge in [-0.05, 0) is 20.8 Å². The summed E-state index contributed by atoms with van der Waals surface area (Å²) < 4.78 is 5.10. The van der Waals surface area contributed by atoms with Gasteiger partial charge in [-0.2, -0.15) is 0 Å².